The Morgan fingerprint density at radius 2 is 1.76 bits per heavy atom. The number of hydrogen-bond donors (Lipinski definition) is 1. The molecule has 0 saturated heterocycles. The summed E-state index contributed by atoms with van der Waals surface area (Å²) >= 11 is 3.33. The number of nitrogens with zero attached hydrogens (tertiary/aromatic N) is 2. The molecule has 2 aromatic carbocycles. The van der Waals surface area contributed by atoms with Gasteiger partial charge in [-0.05, 0) is 62.2 Å². The minimum Gasteiger partial charge on any atom is -0.497 e. The minimum atomic E-state index is -3.76. The van der Waals surface area contributed by atoms with E-state index in [2.05, 4.69) is 21.2 Å². The number of halogens is 1. The van der Waals surface area contributed by atoms with Gasteiger partial charge in [0.15, 0.2) is 0 Å². The molecule has 0 bridgehead atoms. The molecule has 0 aliphatic rings. The van der Waals surface area contributed by atoms with Crippen LogP contribution in [0.1, 0.15) is 32.8 Å². The highest BCUT2D eigenvalue weighted by Gasteiger charge is 2.30. The van der Waals surface area contributed by atoms with E-state index < -0.39 is 28.5 Å². The van der Waals surface area contributed by atoms with Crippen LogP contribution in [0, 0.1) is 0 Å². The van der Waals surface area contributed by atoms with E-state index in [1.54, 1.807) is 56.5 Å². The number of rotatable bonds is 11. The van der Waals surface area contributed by atoms with Gasteiger partial charge in [0.2, 0.25) is 21.8 Å². The Balaban J connectivity index is 2.39. The van der Waals surface area contributed by atoms with Crippen molar-refractivity contribution in [1.29, 1.82) is 0 Å². The molecule has 0 spiro atoms. The van der Waals surface area contributed by atoms with Crippen molar-refractivity contribution in [3.63, 3.8) is 0 Å². The Bertz CT molecular complexity index is 1090. The van der Waals surface area contributed by atoms with Crippen LogP contribution in [-0.2, 0) is 26.2 Å². The zero-order chi connectivity index (χ0) is 25.5. The molecule has 34 heavy (non-hydrogen) atoms. The van der Waals surface area contributed by atoms with Gasteiger partial charge >= 0.3 is 0 Å². The zero-order valence-corrected chi connectivity index (χ0v) is 22.5. The second-order valence-electron chi connectivity index (χ2n) is 8.11. The summed E-state index contributed by atoms with van der Waals surface area (Å²) in [5, 5.41) is 2.90. The van der Waals surface area contributed by atoms with E-state index in [4.69, 9.17) is 4.74 Å². The lowest BCUT2D eigenvalue weighted by atomic mass is 10.1. The maximum atomic E-state index is 13.5. The summed E-state index contributed by atoms with van der Waals surface area (Å²) < 4.78 is 32.2. The Labute approximate surface area is 210 Å². The lowest BCUT2D eigenvalue weighted by Crippen LogP contribution is -2.52. The average Bonchev–Trinajstić information content (AvgIpc) is 2.80. The number of hydrogen-bond acceptors (Lipinski definition) is 5. The molecule has 0 fully saturated rings. The molecule has 8 nitrogen and oxygen atoms in total. The van der Waals surface area contributed by atoms with Gasteiger partial charge in [0.05, 0.1) is 19.1 Å². The molecule has 2 rings (SSSR count). The van der Waals surface area contributed by atoms with Crippen molar-refractivity contribution in [3.05, 3.63) is 58.6 Å². The molecular formula is C24H32BrN3O5S. The van der Waals surface area contributed by atoms with E-state index in [9.17, 15) is 18.0 Å². The normalized spacial score (nSPS) is 13.0. The Hall–Kier alpha value is -2.59. The fraction of sp³-hybridized carbons (Fsp3) is 0.417. The summed E-state index contributed by atoms with van der Waals surface area (Å²) in [5.74, 6) is -0.183. The lowest BCUT2D eigenvalue weighted by molar-refractivity contribution is -0.139. The Morgan fingerprint density at radius 1 is 1.12 bits per heavy atom. The van der Waals surface area contributed by atoms with Crippen molar-refractivity contribution in [1.82, 2.24) is 10.2 Å². The first-order valence-corrected chi connectivity index (χ1v) is 13.6. The van der Waals surface area contributed by atoms with Crippen LogP contribution in [0.4, 0.5) is 5.69 Å². The van der Waals surface area contributed by atoms with Gasteiger partial charge in [0.25, 0.3) is 0 Å². The second-order valence-corrected chi connectivity index (χ2v) is 10.9. The average molecular weight is 555 g/mol. The lowest BCUT2D eigenvalue weighted by Gasteiger charge is -2.32. The predicted octanol–water partition coefficient (Wildman–Crippen LogP) is 3.56. The quantitative estimate of drug-likeness (QED) is 0.459. The number of anilines is 1. The first-order valence-electron chi connectivity index (χ1n) is 10.9. The molecule has 0 aliphatic heterocycles. The minimum absolute atomic E-state index is 0.0565. The van der Waals surface area contributed by atoms with Crippen LogP contribution >= 0.6 is 15.9 Å². The Kier molecular flexibility index (Phi) is 9.93. The van der Waals surface area contributed by atoms with Crippen LogP contribution in [-0.4, -0.2) is 57.1 Å². The van der Waals surface area contributed by atoms with Gasteiger partial charge in [-0.25, -0.2) is 8.42 Å². The number of carbonyl (C=O) groups is 2. The number of carbonyl (C=O) groups excluding carboxylic acids is 2. The van der Waals surface area contributed by atoms with E-state index >= 15 is 0 Å². The summed E-state index contributed by atoms with van der Waals surface area (Å²) in [5.41, 5.74) is 1.11. The fourth-order valence-corrected chi connectivity index (χ4v) is 4.35. The van der Waals surface area contributed by atoms with Crippen molar-refractivity contribution in [2.45, 2.75) is 45.8 Å². The summed E-state index contributed by atoms with van der Waals surface area (Å²) in [7, 11) is -2.21. The first kappa shape index (κ1) is 27.7. The highest BCUT2D eigenvalue weighted by atomic mass is 79.9. The molecule has 0 aliphatic carbocycles. The van der Waals surface area contributed by atoms with Gasteiger partial charge in [-0.2, -0.15) is 0 Å². The molecule has 10 heteroatoms. The van der Waals surface area contributed by atoms with Crippen LogP contribution in [0.15, 0.2) is 53.0 Å². The van der Waals surface area contributed by atoms with Crippen LogP contribution in [0.5, 0.6) is 5.75 Å². The van der Waals surface area contributed by atoms with Gasteiger partial charge in [-0.1, -0.05) is 35.0 Å². The third-order valence-corrected chi connectivity index (χ3v) is 7.12. The van der Waals surface area contributed by atoms with Crippen LogP contribution in [0.25, 0.3) is 0 Å². The standard InChI is InChI=1S/C24H32BrN3O5S/c1-6-17(2)26-24(30)18(3)27(15-19-8-7-9-22(14-19)33-4)23(29)16-28(34(5,31)32)21-12-10-20(25)11-13-21/h7-14,17-18H,6,15-16H2,1-5H3,(H,26,30)/t17-,18+/m1/s1. The van der Waals surface area contributed by atoms with Crippen molar-refractivity contribution in [2.75, 3.05) is 24.2 Å². The number of amides is 2. The van der Waals surface area contributed by atoms with Gasteiger partial charge in [0, 0.05) is 17.1 Å². The zero-order valence-electron chi connectivity index (χ0n) is 20.1. The predicted molar refractivity (Wildman–Crippen MR) is 137 cm³/mol. The molecule has 2 amide bonds. The van der Waals surface area contributed by atoms with Crippen molar-refractivity contribution < 1.29 is 22.7 Å². The molecule has 0 radical (unpaired) electrons. The highest BCUT2D eigenvalue weighted by molar-refractivity contribution is 9.10. The van der Waals surface area contributed by atoms with Crippen LogP contribution < -0.4 is 14.4 Å². The molecule has 2 atom stereocenters. The summed E-state index contributed by atoms with van der Waals surface area (Å²) in [6.07, 6.45) is 1.79. The summed E-state index contributed by atoms with van der Waals surface area (Å²) in [4.78, 5) is 27.8. The maximum Gasteiger partial charge on any atom is 0.244 e. The van der Waals surface area contributed by atoms with E-state index in [1.165, 1.54) is 4.90 Å². The largest absolute Gasteiger partial charge is 0.497 e. The van der Waals surface area contributed by atoms with Crippen molar-refractivity contribution in [3.8, 4) is 5.75 Å². The smallest absolute Gasteiger partial charge is 0.244 e. The monoisotopic (exact) mass is 553 g/mol. The van der Waals surface area contributed by atoms with Gasteiger partial charge in [-0.15, -0.1) is 0 Å². The highest BCUT2D eigenvalue weighted by Crippen LogP contribution is 2.22. The number of sulfonamides is 1. The van der Waals surface area contributed by atoms with Gasteiger partial charge in [-0.3, -0.25) is 13.9 Å². The fourth-order valence-electron chi connectivity index (χ4n) is 3.24. The number of nitrogens with one attached hydrogen (secondary N) is 1. The van der Waals surface area contributed by atoms with Crippen molar-refractivity contribution in [2.24, 2.45) is 0 Å². The van der Waals surface area contributed by atoms with E-state index in [1.807, 2.05) is 19.9 Å². The molecule has 0 heterocycles. The van der Waals surface area contributed by atoms with E-state index in [-0.39, 0.29) is 18.5 Å². The topological polar surface area (TPSA) is 96.0 Å². The summed E-state index contributed by atoms with van der Waals surface area (Å²) in [6.45, 7) is 5.16. The third kappa shape index (κ3) is 7.73. The Morgan fingerprint density at radius 3 is 2.32 bits per heavy atom. The number of ether oxygens (including phenoxy) is 1. The van der Waals surface area contributed by atoms with Crippen molar-refractivity contribution >= 4 is 43.5 Å². The van der Waals surface area contributed by atoms with E-state index in [0.717, 1.165) is 27.0 Å². The second kappa shape index (κ2) is 12.2. The summed E-state index contributed by atoms with van der Waals surface area (Å²) in [6, 6.07) is 12.9. The molecule has 2 aromatic rings. The SMILES string of the molecule is CC[C@@H](C)NC(=O)[C@H](C)N(Cc1cccc(OC)c1)C(=O)CN(c1ccc(Br)cc1)S(C)(=O)=O. The molecule has 186 valence electrons. The van der Waals surface area contributed by atoms with Crippen LogP contribution in [0.3, 0.4) is 0 Å². The molecule has 0 aromatic heterocycles. The molecule has 1 N–H and O–H groups in total. The van der Waals surface area contributed by atoms with E-state index in [0.29, 0.717) is 11.4 Å². The number of methoxy groups -OCH3 is 1. The maximum absolute atomic E-state index is 13.5. The van der Waals surface area contributed by atoms with Gasteiger partial charge < -0.3 is 15.0 Å². The molecule has 0 unspecified atom stereocenters. The first-order chi connectivity index (χ1) is 16.0. The number of benzene rings is 2. The molecular weight excluding hydrogens is 522 g/mol. The van der Waals surface area contributed by atoms with Gasteiger partial charge in [0.1, 0.15) is 18.3 Å². The third-order valence-electron chi connectivity index (χ3n) is 5.45. The molecule has 0 saturated carbocycles. The van der Waals surface area contributed by atoms with Crippen LogP contribution in [0.2, 0.25) is 0 Å².